The molecule has 1 rings (SSSR count). The maximum atomic E-state index is 12.9. The Morgan fingerprint density at radius 3 is 2.64 bits per heavy atom. The molecule has 0 amide bonds. The second-order valence-corrected chi connectivity index (χ2v) is 4.90. The number of nitrogens with two attached hydrogens (primary N) is 2. The van der Waals surface area contributed by atoms with Crippen LogP contribution in [-0.2, 0) is 0 Å². The highest BCUT2D eigenvalue weighted by atomic mass is 19.4. The van der Waals surface area contributed by atoms with Crippen molar-refractivity contribution in [3.63, 3.8) is 0 Å². The number of rotatable bonds is 6. The van der Waals surface area contributed by atoms with Gasteiger partial charge in [0.15, 0.2) is 0 Å². The lowest BCUT2D eigenvalue weighted by Gasteiger charge is -2.07. The average Bonchev–Trinajstić information content (AvgIpc) is 2.58. The van der Waals surface area contributed by atoms with Crippen LogP contribution in [0.2, 0.25) is 0 Å². The first-order valence-corrected chi connectivity index (χ1v) is 7.04. The number of aromatic nitrogens is 1. The summed E-state index contributed by atoms with van der Waals surface area (Å²) in [6.45, 7) is 3.11. The van der Waals surface area contributed by atoms with Crippen LogP contribution in [0.3, 0.4) is 0 Å². The Kier molecular flexibility index (Phi) is 6.92. The molecule has 6 nitrogen and oxygen atoms in total. The third-order valence-corrected chi connectivity index (χ3v) is 3.13. The molecule has 5 N–H and O–H groups in total. The first-order valence-electron chi connectivity index (χ1n) is 7.04. The minimum Gasteiger partial charge on any atom is -0.401 e. The van der Waals surface area contributed by atoms with E-state index in [4.69, 9.17) is 11.5 Å². The molecule has 0 aliphatic carbocycles. The molecule has 0 atom stereocenters. The van der Waals surface area contributed by atoms with Crippen molar-refractivity contribution in [2.75, 3.05) is 7.05 Å². The Hall–Kier alpha value is -3.10. The quantitative estimate of drug-likeness (QED) is 0.525. The molecule has 1 aromatic rings. The summed E-state index contributed by atoms with van der Waals surface area (Å²) in [6, 6.07) is 1.61. The van der Waals surface area contributed by atoms with Crippen LogP contribution in [0.4, 0.5) is 13.2 Å². The molecular weight excluding hydrogens is 335 g/mol. The zero-order chi connectivity index (χ0) is 19.0. The van der Waals surface area contributed by atoms with Gasteiger partial charge in [0.25, 0.3) is 0 Å². The monoisotopic (exact) mass is 353 g/mol. The molecule has 0 unspecified atom stereocenters. The van der Waals surface area contributed by atoms with Gasteiger partial charge >= 0.3 is 6.18 Å². The normalized spacial score (nSPS) is 15.0. The lowest BCUT2D eigenvalue weighted by Crippen LogP contribution is -2.37. The van der Waals surface area contributed by atoms with Crippen molar-refractivity contribution in [2.24, 2.45) is 16.6 Å². The van der Waals surface area contributed by atoms with Gasteiger partial charge < -0.3 is 16.8 Å². The van der Waals surface area contributed by atoms with Gasteiger partial charge in [-0.05, 0) is 17.3 Å². The van der Waals surface area contributed by atoms with Crippen LogP contribution >= 0.6 is 0 Å². The summed E-state index contributed by atoms with van der Waals surface area (Å²) in [4.78, 5) is 14.2. The van der Waals surface area contributed by atoms with Gasteiger partial charge in [0.1, 0.15) is 11.5 Å². The fourth-order valence-corrected chi connectivity index (χ4v) is 1.88. The maximum absolute atomic E-state index is 12.9. The zero-order valence-corrected chi connectivity index (χ0v) is 13.5. The highest BCUT2D eigenvalue weighted by Gasteiger charge is 2.31. The van der Waals surface area contributed by atoms with E-state index in [1.807, 2.05) is 0 Å². The standard InChI is InChI=1S/C16H18F3N5O/c1-10(24-25)8-11(16(17,18)19)4-3-5-14(20)12-6-7-23-9-13(12)15(21)22-2/h3-4,6-9,22H,1,5,20-21H2,2H3/b4-3-,11-8+,14-12-,15-13+. The molecule has 0 saturated heterocycles. The lowest BCUT2D eigenvalue weighted by molar-refractivity contribution is -0.0882. The van der Waals surface area contributed by atoms with E-state index in [1.54, 1.807) is 13.1 Å². The molecule has 0 fully saturated rings. The summed E-state index contributed by atoms with van der Waals surface area (Å²) in [5, 5.41) is 6.22. The van der Waals surface area contributed by atoms with Crippen molar-refractivity contribution < 1.29 is 13.2 Å². The Labute approximate surface area is 142 Å². The van der Waals surface area contributed by atoms with E-state index < -0.39 is 17.4 Å². The Balaban J connectivity index is 3.24. The number of hydrogen-bond donors (Lipinski definition) is 3. The Morgan fingerprint density at radius 1 is 1.40 bits per heavy atom. The van der Waals surface area contributed by atoms with Crippen LogP contribution in [0.15, 0.2) is 59.7 Å². The molecule has 0 radical (unpaired) electrons. The van der Waals surface area contributed by atoms with Crippen molar-refractivity contribution in [3.05, 3.63) is 69.9 Å². The summed E-state index contributed by atoms with van der Waals surface area (Å²) in [5.74, 6) is 0.333. The number of halogens is 3. The van der Waals surface area contributed by atoms with E-state index >= 15 is 0 Å². The lowest BCUT2D eigenvalue weighted by atomic mass is 10.1. The molecule has 0 aliphatic heterocycles. The summed E-state index contributed by atoms with van der Waals surface area (Å²) in [7, 11) is 1.62. The predicted octanol–water partition coefficient (Wildman–Crippen LogP) is 1.11. The molecule has 1 aromatic heterocycles. The largest absolute Gasteiger partial charge is 0.416 e. The van der Waals surface area contributed by atoms with Gasteiger partial charge in [-0.15, -0.1) is 4.91 Å². The zero-order valence-electron chi connectivity index (χ0n) is 13.5. The van der Waals surface area contributed by atoms with E-state index in [-0.39, 0.29) is 6.42 Å². The van der Waals surface area contributed by atoms with Gasteiger partial charge in [0.2, 0.25) is 0 Å². The SMILES string of the molecule is C=C(/C=C(\C=C/C/C(N)=c1\ccnc\c1=C(\N)NC)C(F)(F)F)N=O. The Morgan fingerprint density at radius 2 is 2.08 bits per heavy atom. The number of nitroso groups, excluding NO2 is 1. The number of alkyl halides is 3. The molecule has 9 heteroatoms. The highest BCUT2D eigenvalue weighted by molar-refractivity contribution is 5.47. The number of pyridine rings is 1. The number of allylic oxidation sites excluding steroid dienone is 3. The highest BCUT2D eigenvalue weighted by Crippen LogP contribution is 2.27. The van der Waals surface area contributed by atoms with Crippen molar-refractivity contribution in [3.8, 4) is 0 Å². The predicted molar refractivity (Wildman–Crippen MR) is 90.6 cm³/mol. The summed E-state index contributed by atoms with van der Waals surface area (Å²) >= 11 is 0. The minimum atomic E-state index is -4.65. The smallest absolute Gasteiger partial charge is 0.401 e. The van der Waals surface area contributed by atoms with Crippen LogP contribution in [0, 0.1) is 4.91 Å². The summed E-state index contributed by atoms with van der Waals surface area (Å²) < 4.78 is 38.7. The molecule has 0 bridgehead atoms. The Bertz CT molecular complexity index is 825. The minimum absolute atomic E-state index is 0.0302. The molecule has 0 saturated carbocycles. The fraction of sp³-hybridized carbons (Fsp3) is 0.188. The van der Waals surface area contributed by atoms with E-state index in [1.165, 1.54) is 18.5 Å². The molecular formula is C16H18F3N5O. The third kappa shape index (κ3) is 5.79. The second kappa shape index (κ2) is 8.67. The third-order valence-electron chi connectivity index (χ3n) is 3.13. The van der Waals surface area contributed by atoms with Crippen molar-refractivity contribution in [2.45, 2.75) is 12.6 Å². The summed E-state index contributed by atoms with van der Waals surface area (Å²) in [5.41, 5.74) is 10.5. The van der Waals surface area contributed by atoms with Gasteiger partial charge in [-0.3, -0.25) is 4.98 Å². The van der Waals surface area contributed by atoms with Crippen molar-refractivity contribution in [1.82, 2.24) is 10.3 Å². The number of hydrogen-bond acceptors (Lipinski definition) is 6. The van der Waals surface area contributed by atoms with Crippen molar-refractivity contribution >= 4 is 11.5 Å². The van der Waals surface area contributed by atoms with Gasteiger partial charge in [-0.25, -0.2) is 0 Å². The van der Waals surface area contributed by atoms with E-state index in [9.17, 15) is 18.1 Å². The van der Waals surface area contributed by atoms with E-state index in [0.29, 0.717) is 28.0 Å². The fourth-order valence-electron chi connectivity index (χ4n) is 1.88. The molecule has 1 heterocycles. The van der Waals surface area contributed by atoms with Crippen LogP contribution < -0.4 is 27.2 Å². The van der Waals surface area contributed by atoms with E-state index in [0.717, 1.165) is 6.08 Å². The van der Waals surface area contributed by atoms with Crippen LogP contribution in [-0.4, -0.2) is 18.2 Å². The topological polar surface area (TPSA) is 106 Å². The van der Waals surface area contributed by atoms with Gasteiger partial charge in [-0.1, -0.05) is 18.7 Å². The van der Waals surface area contributed by atoms with Gasteiger partial charge in [0, 0.05) is 42.0 Å². The van der Waals surface area contributed by atoms with Crippen LogP contribution in [0.25, 0.3) is 11.5 Å². The van der Waals surface area contributed by atoms with Crippen molar-refractivity contribution in [1.29, 1.82) is 0 Å². The molecule has 0 aromatic carbocycles. The molecule has 25 heavy (non-hydrogen) atoms. The van der Waals surface area contributed by atoms with E-state index in [2.05, 4.69) is 22.1 Å². The second-order valence-electron chi connectivity index (χ2n) is 4.90. The van der Waals surface area contributed by atoms with Gasteiger partial charge in [-0.2, -0.15) is 13.2 Å². The average molecular weight is 353 g/mol. The maximum Gasteiger partial charge on any atom is 0.416 e. The number of nitrogens with one attached hydrogen (secondary N) is 1. The first-order chi connectivity index (χ1) is 11.7. The van der Waals surface area contributed by atoms with Crippen LogP contribution in [0.5, 0.6) is 0 Å². The summed E-state index contributed by atoms with van der Waals surface area (Å²) in [6.07, 6.45) is 0.983. The molecule has 134 valence electrons. The number of nitrogens with zero attached hydrogens (tertiary/aromatic N) is 2. The van der Waals surface area contributed by atoms with Gasteiger partial charge in [0.05, 0.1) is 5.57 Å². The van der Waals surface area contributed by atoms with Crippen LogP contribution in [0.1, 0.15) is 6.42 Å². The molecule has 0 aliphatic rings. The molecule has 0 spiro atoms. The first kappa shape index (κ1) is 19.9.